The van der Waals surface area contributed by atoms with Gasteiger partial charge in [0.2, 0.25) is 0 Å². The van der Waals surface area contributed by atoms with Gasteiger partial charge in [-0.1, -0.05) is 24.3 Å². The van der Waals surface area contributed by atoms with Crippen LogP contribution in [0.25, 0.3) is 10.4 Å². The van der Waals surface area contributed by atoms with Crippen molar-refractivity contribution in [1.29, 1.82) is 0 Å². The van der Waals surface area contributed by atoms with E-state index in [1.54, 1.807) is 23.5 Å². The number of carbonyl (C=O) groups excluding carboxylic acids is 1. The number of thiophene rings is 1. The Morgan fingerprint density at radius 2 is 1.58 bits per heavy atom. The summed E-state index contributed by atoms with van der Waals surface area (Å²) in [4.78, 5) is 14.0. The zero-order chi connectivity index (χ0) is 18.5. The Hall–Kier alpha value is -2.99. The lowest BCUT2D eigenvalue weighted by Gasteiger charge is -2.15. The van der Waals surface area contributed by atoms with Crippen molar-refractivity contribution in [3.8, 4) is 27.7 Å². The van der Waals surface area contributed by atoms with E-state index in [1.165, 1.54) is 21.3 Å². The predicted octanol–water partition coefficient (Wildman–Crippen LogP) is 4.69. The van der Waals surface area contributed by atoms with Crippen molar-refractivity contribution >= 4 is 22.9 Å². The lowest BCUT2D eigenvalue weighted by Crippen LogP contribution is -2.14. The second kappa shape index (κ2) is 7.93. The van der Waals surface area contributed by atoms with Crippen LogP contribution in [0.2, 0.25) is 0 Å². The van der Waals surface area contributed by atoms with Crippen LogP contribution in [0.5, 0.6) is 17.2 Å². The maximum atomic E-state index is 12.9. The second-order valence-corrected chi connectivity index (χ2v) is 6.33. The highest BCUT2D eigenvalue weighted by atomic mass is 32.1. The Bertz CT molecular complexity index is 906. The van der Waals surface area contributed by atoms with E-state index < -0.39 is 0 Å². The number of hydrogen-bond acceptors (Lipinski definition) is 5. The van der Waals surface area contributed by atoms with E-state index in [2.05, 4.69) is 5.32 Å². The van der Waals surface area contributed by atoms with Gasteiger partial charge in [0.1, 0.15) is 5.75 Å². The molecule has 26 heavy (non-hydrogen) atoms. The summed E-state index contributed by atoms with van der Waals surface area (Å²) in [5.74, 6) is 1.09. The molecule has 1 amide bonds. The molecule has 0 aliphatic carbocycles. The van der Waals surface area contributed by atoms with Gasteiger partial charge in [0, 0.05) is 28.3 Å². The molecule has 5 nitrogen and oxygen atoms in total. The largest absolute Gasteiger partial charge is 0.496 e. The maximum absolute atomic E-state index is 12.9. The van der Waals surface area contributed by atoms with E-state index in [0.717, 1.165) is 16.1 Å². The third kappa shape index (κ3) is 3.50. The van der Waals surface area contributed by atoms with Gasteiger partial charge < -0.3 is 19.5 Å². The molecule has 0 bridgehead atoms. The van der Waals surface area contributed by atoms with E-state index in [1.807, 2.05) is 41.8 Å². The molecule has 1 N–H and O–H groups in total. The summed E-state index contributed by atoms with van der Waals surface area (Å²) in [6, 6.07) is 14.9. The van der Waals surface area contributed by atoms with Crippen LogP contribution in [0.1, 0.15) is 10.4 Å². The fourth-order valence-electron chi connectivity index (χ4n) is 2.64. The quantitative estimate of drug-likeness (QED) is 0.685. The number of para-hydroxylation sites is 1. The molecule has 1 aromatic heterocycles. The van der Waals surface area contributed by atoms with E-state index >= 15 is 0 Å². The van der Waals surface area contributed by atoms with Crippen molar-refractivity contribution in [2.75, 3.05) is 26.6 Å². The second-order valence-electron chi connectivity index (χ2n) is 5.38. The highest BCUT2D eigenvalue weighted by molar-refractivity contribution is 7.13. The van der Waals surface area contributed by atoms with Crippen LogP contribution < -0.4 is 19.5 Å². The number of nitrogens with one attached hydrogen (secondary N) is 1. The average Bonchev–Trinajstić information content (AvgIpc) is 3.21. The summed E-state index contributed by atoms with van der Waals surface area (Å²) in [6.07, 6.45) is 0. The monoisotopic (exact) mass is 369 g/mol. The molecule has 1 heterocycles. The van der Waals surface area contributed by atoms with Crippen LogP contribution in [0, 0.1) is 0 Å². The number of ether oxygens (including phenoxy) is 3. The van der Waals surface area contributed by atoms with Crippen molar-refractivity contribution in [2.45, 2.75) is 0 Å². The molecule has 134 valence electrons. The topological polar surface area (TPSA) is 56.8 Å². The lowest BCUT2D eigenvalue weighted by molar-refractivity contribution is 0.102. The Balaban J connectivity index is 1.97. The van der Waals surface area contributed by atoms with E-state index in [-0.39, 0.29) is 5.91 Å². The first kappa shape index (κ1) is 17.8. The number of hydrogen-bond donors (Lipinski definition) is 1. The summed E-state index contributed by atoms with van der Waals surface area (Å²) in [6.45, 7) is 0. The summed E-state index contributed by atoms with van der Waals surface area (Å²) < 4.78 is 15.9. The van der Waals surface area contributed by atoms with Gasteiger partial charge in [-0.25, -0.2) is 0 Å². The molecule has 0 radical (unpaired) electrons. The number of amides is 1. The molecule has 0 aliphatic rings. The van der Waals surface area contributed by atoms with Crippen LogP contribution in [-0.4, -0.2) is 27.2 Å². The van der Waals surface area contributed by atoms with Gasteiger partial charge in [0.25, 0.3) is 5.91 Å². The predicted molar refractivity (Wildman–Crippen MR) is 104 cm³/mol. The first-order chi connectivity index (χ1) is 12.7. The summed E-state index contributed by atoms with van der Waals surface area (Å²) >= 11 is 1.62. The molecular formula is C20H19NO4S. The minimum atomic E-state index is -0.285. The summed E-state index contributed by atoms with van der Waals surface area (Å²) in [5.41, 5.74) is 2.07. The number of benzene rings is 2. The Morgan fingerprint density at radius 1 is 0.885 bits per heavy atom. The van der Waals surface area contributed by atoms with E-state index in [4.69, 9.17) is 14.2 Å². The first-order valence-corrected chi connectivity index (χ1v) is 8.80. The van der Waals surface area contributed by atoms with Gasteiger partial charge in [-0.15, -0.1) is 11.3 Å². The fourth-order valence-corrected chi connectivity index (χ4v) is 3.40. The molecule has 0 saturated heterocycles. The number of methoxy groups -OCH3 is 3. The third-order valence-corrected chi connectivity index (χ3v) is 4.82. The smallest absolute Gasteiger partial charge is 0.259 e. The van der Waals surface area contributed by atoms with Gasteiger partial charge in [-0.05, 0) is 17.5 Å². The Labute approximate surface area is 156 Å². The summed E-state index contributed by atoms with van der Waals surface area (Å²) in [7, 11) is 4.57. The molecule has 3 rings (SSSR count). The van der Waals surface area contributed by atoms with Gasteiger partial charge in [-0.2, -0.15) is 0 Å². The van der Waals surface area contributed by atoms with Crippen LogP contribution in [-0.2, 0) is 0 Å². The van der Waals surface area contributed by atoms with Crippen molar-refractivity contribution in [3.05, 3.63) is 59.5 Å². The summed E-state index contributed by atoms with van der Waals surface area (Å²) in [5, 5.41) is 4.98. The molecule has 3 aromatic rings. The van der Waals surface area contributed by atoms with Gasteiger partial charge in [-0.3, -0.25) is 4.79 Å². The number of carbonyl (C=O) groups is 1. The molecular weight excluding hydrogens is 350 g/mol. The molecule has 0 aliphatic heterocycles. The lowest BCUT2D eigenvalue weighted by atomic mass is 10.1. The van der Waals surface area contributed by atoms with Crippen molar-refractivity contribution in [1.82, 2.24) is 0 Å². The minimum absolute atomic E-state index is 0.285. The maximum Gasteiger partial charge on any atom is 0.259 e. The molecule has 0 unspecified atom stereocenters. The number of anilines is 1. The zero-order valence-corrected chi connectivity index (χ0v) is 15.6. The minimum Gasteiger partial charge on any atom is -0.496 e. The zero-order valence-electron chi connectivity index (χ0n) is 14.7. The van der Waals surface area contributed by atoms with Crippen LogP contribution in [0.4, 0.5) is 5.69 Å². The van der Waals surface area contributed by atoms with Crippen molar-refractivity contribution < 1.29 is 19.0 Å². The Morgan fingerprint density at radius 3 is 2.23 bits per heavy atom. The third-order valence-electron chi connectivity index (χ3n) is 3.91. The van der Waals surface area contributed by atoms with Gasteiger partial charge >= 0.3 is 0 Å². The first-order valence-electron chi connectivity index (χ1n) is 7.92. The molecule has 0 atom stereocenters. The van der Waals surface area contributed by atoms with Crippen LogP contribution in [0.3, 0.4) is 0 Å². The molecule has 0 fully saturated rings. The SMILES string of the molecule is COc1cc(OC)c(C(=O)Nc2ccccc2-c2cccs2)cc1OC. The van der Waals surface area contributed by atoms with Crippen molar-refractivity contribution in [3.63, 3.8) is 0 Å². The van der Waals surface area contributed by atoms with E-state index in [9.17, 15) is 4.79 Å². The molecule has 2 aromatic carbocycles. The van der Waals surface area contributed by atoms with Crippen LogP contribution >= 0.6 is 11.3 Å². The molecule has 0 spiro atoms. The highest BCUT2D eigenvalue weighted by Crippen LogP contribution is 2.36. The normalized spacial score (nSPS) is 10.3. The average molecular weight is 369 g/mol. The Kier molecular flexibility index (Phi) is 5.43. The molecule has 0 saturated carbocycles. The fraction of sp³-hybridized carbons (Fsp3) is 0.150. The molecule has 6 heteroatoms. The van der Waals surface area contributed by atoms with Crippen LogP contribution in [0.15, 0.2) is 53.9 Å². The highest BCUT2D eigenvalue weighted by Gasteiger charge is 2.19. The van der Waals surface area contributed by atoms with E-state index in [0.29, 0.717) is 22.8 Å². The number of rotatable bonds is 6. The van der Waals surface area contributed by atoms with Gasteiger partial charge in [0.15, 0.2) is 11.5 Å². The van der Waals surface area contributed by atoms with Crippen molar-refractivity contribution in [2.24, 2.45) is 0 Å². The van der Waals surface area contributed by atoms with Gasteiger partial charge in [0.05, 0.1) is 26.9 Å². The standard InChI is InChI=1S/C20H19NO4S/c1-23-16-12-18(25-3)17(24-2)11-14(16)20(22)21-15-8-5-4-7-13(15)19-9-6-10-26-19/h4-12H,1-3H3,(H,21,22).